The van der Waals surface area contributed by atoms with Crippen LogP contribution in [0.5, 0.6) is 0 Å². The van der Waals surface area contributed by atoms with Gasteiger partial charge in [-0.3, -0.25) is 23.9 Å². The van der Waals surface area contributed by atoms with Crippen molar-refractivity contribution in [3.8, 4) is 10.7 Å². The van der Waals surface area contributed by atoms with Crippen molar-refractivity contribution in [3.05, 3.63) is 66.4 Å². The molecule has 37 heavy (non-hydrogen) atoms. The van der Waals surface area contributed by atoms with Crippen LogP contribution in [-0.2, 0) is 16.1 Å². The Hall–Kier alpha value is -4.33. The van der Waals surface area contributed by atoms with E-state index in [4.69, 9.17) is 9.90 Å². The van der Waals surface area contributed by atoms with Gasteiger partial charge in [0.25, 0.3) is 5.91 Å². The van der Waals surface area contributed by atoms with E-state index in [0.717, 1.165) is 10.6 Å². The molecule has 2 amide bonds. The summed E-state index contributed by atoms with van der Waals surface area (Å²) in [4.78, 5) is 50.8. The molecule has 0 saturated carbocycles. The Balaban J connectivity index is 0.000000479. The lowest BCUT2D eigenvalue weighted by Gasteiger charge is -2.15. The Bertz CT molecular complexity index is 1420. The lowest BCUT2D eigenvalue weighted by atomic mass is 10.3. The van der Waals surface area contributed by atoms with Gasteiger partial charge in [0.15, 0.2) is 16.6 Å². The molecule has 0 saturated heterocycles. The van der Waals surface area contributed by atoms with Crippen LogP contribution in [0.15, 0.2) is 55.0 Å². The topological polar surface area (TPSA) is 121 Å². The van der Waals surface area contributed by atoms with Crippen LogP contribution in [0, 0.1) is 0 Å². The number of hydrogen-bond donors (Lipinski definition) is 1. The molecule has 0 aliphatic heterocycles. The van der Waals surface area contributed by atoms with E-state index in [1.165, 1.54) is 23.2 Å². The van der Waals surface area contributed by atoms with Crippen LogP contribution in [0.3, 0.4) is 0 Å². The summed E-state index contributed by atoms with van der Waals surface area (Å²) in [6.45, 7) is 1.87. The maximum atomic E-state index is 13.2. The maximum absolute atomic E-state index is 13.2. The first-order chi connectivity index (χ1) is 17.4. The summed E-state index contributed by atoms with van der Waals surface area (Å²) in [5.74, 6) is -2.44. The minimum atomic E-state index is -5.08. The van der Waals surface area contributed by atoms with Crippen molar-refractivity contribution >= 4 is 39.8 Å². The minimum absolute atomic E-state index is 0.101. The van der Waals surface area contributed by atoms with E-state index in [2.05, 4.69) is 15.0 Å². The third kappa shape index (κ3) is 6.46. The quantitative estimate of drug-likeness (QED) is 0.414. The van der Waals surface area contributed by atoms with Gasteiger partial charge in [-0.1, -0.05) is 23.5 Å². The molecule has 10 nitrogen and oxygen atoms in total. The Kier molecular flexibility index (Phi) is 8.22. The summed E-state index contributed by atoms with van der Waals surface area (Å²) in [5, 5.41) is 7.70. The molecule has 0 spiro atoms. The van der Waals surface area contributed by atoms with E-state index in [-0.39, 0.29) is 11.8 Å². The molecule has 0 radical (unpaired) electrons. The largest absolute Gasteiger partial charge is 0.490 e. The highest BCUT2D eigenvalue weighted by atomic mass is 32.1. The monoisotopic (exact) mass is 534 g/mol. The van der Waals surface area contributed by atoms with E-state index in [0.29, 0.717) is 28.7 Å². The molecule has 4 rings (SSSR count). The number of alkyl halides is 3. The number of halogens is 3. The first kappa shape index (κ1) is 27.3. The number of hydrogen-bond acceptors (Lipinski definition) is 7. The number of pyridine rings is 2. The Morgan fingerprint density at radius 1 is 1.08 bits per heavy atom. The molecular weight excluding hydrogens is 513 g/mol. The fraction of sp³-hybridized carbons (Fsp3) is 0.217. The molecule has 0 aliphatic rings. The van der Waals surface area contributed by atoms with Crippen LogP contribution < -0.4 is 4.90 Å². The zero-order valence-corrected chi connectivity index (χ0v) is 20.6. The number of anilines is 1. The third-order valence-corrected chi connectivity index (χ3v) is 6.01. The first-order valence-corrected chi connectivity index (χ1v) is 11.3. The molecule has 0 aromatic carbocycles. The molecule has 0 atom stereocenters. The van der Waals surface area contributed by atoms with Crippen LogP contribution in [0.1, 0.15) is 23.1 Å². The number of fused-ring (bicyclic) bond motifs is 1. The number of thiazole rings is 1. The van der Waals surface area contributed by atoms with E-state index >= 15 is 0 Å². The number of carboxylic acid groups (broad SMARTS) is 1. The first-order valence-electron chi connectivity index (χ1n) is 10.5. The SMILES string of the molecule is CC(=O)N(C)c1ncc(-c2nc(C(=O)N(C)Cc3ccccn3)c3ccccn23)s1.O=C(O)C(F)(F)F. The molecule has 194 valence electrons. The van der Waals surface area contributed by atoms with Crippen LogP contribution in [-0.4, -0.2) is 67.4 Å². The maximum Gasteiger partial charge on any atom is 0.490 e. The summed E-state index contributed by atoms with van der Waals surface area (Å²) in [6.07, 6.45) is 0.158. The van der Waals surface area contributed by atoms with Crippen LogP contribution in [0.25, 0.3) is 16.2 Å². The highest BCUT2D eigenvalue weighted by Gasteiger charge is 2.38. The molecule has 0 bridgehead atoms. The zero-order chi connectivity index (χ0) is 27.3. The number of carboxylic acids is 1. The van der Waals surface area contributed by atoms with Gasteiger partial charge in [-0.25, -0.2) is 14.8 Å². The predicted molar refractivity (Wildman–Crippen MR) is 129 cm³/mol. The molecule has 14 heteroatoms. The summed E-state index contributed by atoms with van der Waals surface area (Å²) < 4.78 is 33.6. The summed E-state index contributed by atoms with van der Waals surface area (Å²) in [7, 11) is 3.41. The summed E-state index contributed by atoms with van der Waals surface area (Å²) in [6, 6.07) is 11.2. The van der Waals surface area contributed by atoms with Gasteiger partial charge in [0.2, 0.25) is 5.91 Å². The third-order valence-electron chi connectivity index (χ3n) is 4.94. The van der Waals surface area contributed by atoms with Crippen molar-refractivity contribution < 1.29 is 32.7 Å². The number of imidazole rings is 1. The zero-order valence-electron chi connectivity index (χ0n) is 19.8. The smallest absolute Gasteiger partial charge is 0.475 e. The number of amides is 2. The van der Waals surface area contributed by atoms with Gasteiger partial charge in [0.05, 0.1) is 28.8 Å². The van der Waals surface area contributed by atoms with Gasteiger partial charge in [-0.05, 0) is 24.3 Å². The van der Waals surface area contributed by atoms with E-state index < -0.39 is 12.1 Å². The molecule has 0 fully saturated rings. The Morgan fingerprint density at radius 3 is 2.35 bits per heavy atom. The molecule has 1 N–H and O–H groups in total. The molecule has 0 unspecified atom stereocenters. The van der Waals surface area contributed by atoms with Crippen molar-refractivity contribution in [3.63, 3.8) is 0 Å². The van der Waals surface area contributed by atoms with Gasteiger partial charge in [-0.15, -0.1) is 0 Å². The van der Waals surface area contributed by atoms with Gasteiger partial charge < -0.3 is 10.0 Å². The average molecular weight is 535 g/mol. The van der Waals surface area contributed by atoms with Gasteiger partial charge >= 0.3 is 12.1 Å². The molecule has 4 aromatic heterocycles. The number of nitrogens with zero attached hydrogens (tertiary/aromatic N) is 6. The fourth-order valence-corrected chi connectivity index (χ4v) is 3.92. The predicted octanol–water partition coefficient (Wildman–Crippen LogP) is 3.74. The normalized spacial score (nSPS) is 11.0. The summed E-state index contributed by atoms with van der Waals surface area (Å²) in [5.41, 5.74) is 1.87. The highest BCUT2D eigenvalue weighted by molar-refractivity contribution is 7.19. The van der Waals surface area contributed by atoms with Crippen molar-refractivity contribution in [1.82, 2.24) is 24.3 Å². The molecular formula is C23H21F3N6O4S. The number of carbonyl (C=O) groups excluding carboxylic acids is 2. The standard InChI is InChI=1S/C21H20N6O2S.C2HF3O2/c1-14(28)26(3)21-23-12-17(30-21)19-24-18(16-9-5-7-11-27(16)19)20(29)25(2)13-15-8-4-6-10-22-15;3-2(4,5)1(6)7/h4-12H,13H2,1-3H3;(H,6,7). The molecule has 0 aliphatic carbocycles. The van der Waals surface area contributed by atoms with E-state index in [9.17, 15) is 22.8 Å². The summed E-state index contributed by atoms with van der Waals surface area (Å²) >= 11 is 1.35. The van der Waals surface area contributed by atoms with Crippen LogP contribution >= 0.6 is 11.3 Å². The van der Waals surface area contributed by atoms with Crippen molar-refractivity contribution in [2.24, 2.45) is 0 Å². The van der Waals surface area contributed by atoms with Crippen molar-refractivity contribution in [2.75, 3.05) is 19.0 Å². The van der Waals surface area contributed by atoms with Crippen molar-refractivity contribution in [1.29, 1.82) is 0 Å². The lowest BCUT2D eigenvalue weighted by Crippen LogP contribution is -2.27. The second kappa shape index (κ2) is 11.2. The van der Waals surface area contributed by atoms with E-state index in [1.807, 2.05) is 47.0 Å². The number of carbonyl (C=O) groups is 3. The number of aliphatic carboxylic acids is 1. The second-order valence-corrected chi connectivity index (χ2v) is 8.62. The van der Waals surface area contributed by atoms with Gasteiger partial charge in [-0.2, -0.15) is 13.2 Å². The average Bonchev–Trinajstić information content (AvgIpc) is 3.48. The lowest BCUT2D eigenvalue weighted by molar-refractivity contribution is -0.192. The minimum Gasteiger partial charge on any atom is -0.475 e. The molecule has 4 heterocycles. The van der Waals surface area contributed by atoms with E-state index in [1.54, 1.807) is 31.4 Å². The number of aromatic nitrogens is 4. The van der Waals surface area contributed by atoms with Crippen molar-refractivity contribution in [2.45, 2.75) is 19.6 Å². The number of rotatable bonds is 5. The molecule has 4 aromatic rings. The van der Waals surface area contributed by atoms with Gasteiger partial charge in [0, 0.05) is 33.4 Å². The van der Waals surface area contributed by atoms with Crippen LogP contribution in [0.4, 0.5) is 18.3 Å². The Labute approximate surface area is 212 Å². The Morgan fingerprint density at radius 2 is 1.76 bits per heavy atom. The fourth-order valence-electron chi connectivity index (χ4n) is 3.01. The van der Waals surface area contributed by atoms with Crippen LogP contribution in [0.2, 0.25) is 0 Å². The van der Waals surface area contributed by atoms with Gasteiger partial charge in [0.1, 0.15) is 0 Å². The second-order valence-electron chi connectivity index (χ2n) is 7.61. The highest BCUT2D eigenvalue weighted by Crippen LogP contribution is 2.32.